The van der Waals surface area contributed by atoms with Crippen LogP contribution in [0.3, 0.4) is 0 Å². The van der Waals surface area contributed by atoms with Crippen molar-refractivity contribution in [1.29, 1.82) is 0 Å². The number of para-hydroxylation sites is 1. The fourth-order valence-electron chi connectivity index (χ4n) is 1.75. The van der Waals surface area contributed by atoms with Gasteiger partial charge in [0.15, 0.2) is 0 Å². The maximum absolute atomic E-state index is 6.14. The molecule has 106 valence electrons. The Morgan fingerprint density at radius 1 is 1.05 bits per heavy atom. The van der Waals surface area contributed by atoms with Crippen molar-refractivity contribution in [2.45, 2.75) is 26.8 Å². The van der Waals surface area contributed by atoms with Crippen molar-refractivity contribution in [2.24, 2.45) is 0 Å². The van der Waals surface area contributed by atoms with Gasteiger partial charge in [0.2, 0.25) is 0 Å². The van der Waals surface area contributed by atoms with Crippen LogP contribution in [-0.2, 0) is 0 Å². The first kappa shape index (κ1) is 14.9. The third-order valence-electron chi connectivity index (χ3n) is 2.49. The lowest BCUT2D eigenvalue weighted by atomic mass is 10.3. The van der Waals surface area contributed by atoms with E-state index in [-0.39, 0.29) is 0 Å². The van der Waals surface area contributed by atoms with Crippen molar-refractivity contribution < 1.29 is 0 Å². The van der Waals surface area contributed by atoms with E-state index in [1.807, 2.05) is 13.0 Å². The number of aryl methyl sites for hydroxylation is 1. The van der Waals surface area contributed by atoms with Crippen molar-refractivity contribution in [1.82, 2.24) is 9.97 Å². The van der Waals surface area contributed by atoms with Gasteiger partial charge in [-0.15, -0.1) is 0 Å². The first-order chi connectivity index (χ1) is 9.45. The van der Waals surface area contributed by atoms with Crippen molar-refractivity contribution >= 4 is 40.5 Å². The smallest absolute Gasteiger partial charge is 0.136 e. The number of benzene rings is 1. The standard InChI is InChI=1S/C14H16Cl2N4/c1-8(2)17-12-7-13(19-9(3)18-12)20-14-10(15)5-4-6-11(14)16/h4-8H,1-3H3,(H2,17,18,19,20). The summed E-state index contributed by atoms with van der Waals surface area (Å²) in [7, 11) is 0. The van der Waals surface area contributed by atoms with Crippen LogP contribution in [0, 0.1) is 6.92 Å². The zero-order chi connectivity index (χ0) is 14.7. The number of rotatable bonds is 4. The molecule has 0 aliphatic heterocycles. The summed E-state index contributed by atoms with van der Waals surface area (Å²) < 4.78 is 0. The van der Waals surface area contributed by atoms with Crippen molar-refractivity contribution in [3.63, 3.8) is 0 Å². The average Bonchev–Trinajstić information content (AvgIpc) is 2.32. The Hall–Kier alpha value is -1.52. The zero-order valence-corrected chi connectivity index (χ0v) is 13.0. The van der Waals surface area contributed by atoms with Gasteiger partial charge in [-0.05, 0) is 32.9 Å². The summed E-state index contributed by atoms with van der Waals surface area (Å²) in [5.41, 5.74) is 0.643. The van der Waals surface area contributed by atoms with E-state index in [9.17, 15) is 0 Å². The maximum Gasteiger partial charge on any atom is 0.136 e. The van der Waals surface area contributed by atoms with Gasteiger partial charge in [0, 0.05) is 12.1 Å². The minimum atomic E-state index is 0.293. The molecule has 0 saturated carbocycles. The highest BCUT2D eigenvalue weighted by molar-refractivity contribution is 6.39. The summed E-state index contributed by atoms with van der Waals surface area (Å²) in [6, 6.07) is 7.47. The number of hydrogen-bond acceptors (Lipinski definition) is 4. The van der Waals surface area contributed by atoms with Crippen molar-refractivity contribution in [3.05, 3.63) is 40.1 Å². The lowest BCUT2D eigenvalue weighted by molar-refractivity contribution is 0.881. The Kier molecular flexibility index (Phi) is 4.68. The van der Waals surface area contributed by atoms with E-state index in [0.29, 0.717) is 33.4 Å². The van der Waals surface area contributed by atoms with Gasteiger partial charge in [-0.1, -0.05) is 29.3 Å². The molecule has 0 saturated heterocycles. The van der Waals surface area contributed by atoms with Crippen LogP contribution in [-0.4, -0.2) is 16.0 Å². The van der Waals surface area contributed by atoms with E-state index in [2.05, 4.69) is 34.4 Å². The molecule has 0 radical (unpaired) electrons. The quantitative estimate of drug-likeness (QED) is 0.862. The minimum Gasteiger partial charge on any atom is -0.368 e. The Balaban J connectivity index is 2.31. The number of aromatic nitrogens is 2. The SMILES string of the molecule is Cc1nc(Nc2c(Cl)cccc2Cl)cc(NC(C)C)n1. The Morgan fingerprint density at radius 3 is 2.25 bits per heavy atom. The summed E-state index contributed by atoms with van der Waals surface area (Å²) in [5.74, 6) is 2.08. The second-order valence-corrected chi connectivity index (χ2v) is 5.52. The molecule has 4 nitrogen and oxygen atoms in total. The summed E-state index contributed by atoms with van der Waals surface area (Å²) in [6.45, 7) is 5.94. The van der Waals surface area contributed by atoms with Crippen LogP contribution in [0.2, 0.25) is 10.0 Å². The summed E-state index contributed by atoms with van der Waals surface area (Å²) in [5, 5.41) is 7.48. The third-order valence-corrected chi connectivity index (χ3v) is 3.12. The fraction of sp³-hybridized carbons (Fsp3) is 0.286. The van der Waals surface area contributed by atoms with Crippen LogP contribution in [0.4, 0.5) is 17.3 Å². The Bertz CT molecular complexity index is 594. The van der Waals surface area contributed by atoms with Gasteiger partial charge in [-0.2, -0.15) is 0 Å². The molecule has 20 heavy (non-hydrogen) atoms. The minimum absolute atomic E-state index is 0.293. The van der Waals surface area contributed by atoms with Crippen LogP contribution in [0.1, 0.15) is 19.7 Å². The molecule has 1 heterocycles. The lowest BCUT2D eigenvalue weighted by Crippen LogP contribution is -2.12. The molecule has 0 aliphatic rings. The molecule has 0 amide bonds. The molecule has 0 unspecified atom stereocenters. The normalized spacial score (nSPS) is 10.7. The molecule has 0 fully saturated rings. The van der Waals surface area contributed by atoms with E-state index in [1.165, 1.54) is 0 Å². The van der Waals surface area contributed by atoms with Crippen LogP contribution < -0.4 is 10.6 Å². The molecule has 1 aromatic carbocycles. The van der Waals surface area contributed by atoms with Gasteiger partial charge in [0.1, 0.15) is 17.5 Å². The van der Waals surface area contributed by atoms with E-state index in [4.69, 9.17) is 23.2 Å². The maximum atomic E-state index is 6.14. The van der Waals surface area contributed by atoms with Gasteiger partial charge < -0.3 is 10.6 Å². The molecule has 0 aliphatic carbocycles. The van der Waals surface area contributed by atoms with Crippen molar-refractivity contribution in [3.8, 4) is 0 Å². The van der Waals surface area contributed by atoms with Gasteiger partial charge in [0.05, 0.1) is 15.7 Å². The van der Waals surface area contributed by atoms with Gasteiger partial charge in [0.25, 0.3) is 0 Å². The predicted molar refractivity (Wildman–Crippen MR) is 85.3 cm³/mol. The topological polar surface area (TPSA) is 49.8 Å². The summed E-state index contributed by atoms with van der Waals surface area (Å²) >= 11 is 12.3. The Labute approximate surface area is 128 Å². The van der Waals surface area contributed by atoms with E-state index >= 15 is 0 Å². The van der Waals surface area contributed by atoms with Gasteiger partial charge >= 0.3 is 0 Å². The largest absolute Gasteiger partial charge is 0.368 e. The van der Waals surface area contributed by atoms with Crippen LogP contribution >= 0.6 is 23.2 Å². The number of hydrogen-bond donors (Lipinski definition) is 2. The molecule has 2 rings (SSSR count). The van der Waals surface area contributed by atoms with E-state index in [0.717, 1.165) is 5.82 Å². The molecule has 2 aromatic rings. The van der Waals surface area contributed by atoms with Gasteiger partial charge in [-0.25, -0.2) is 9.97 Å². The number of anilines is 3. The van der Waals surface area contributed by atoms with Crippen LogP contribution in [0.15, 0.2) is 24.3 Å². The first-order valence-corrected chi connectivity index (χ1v) is 7.04. The van der Waals surface area contributed by atoms with E-state index in [1.54, 1.807) is 18.2 Å². The molecule has 0 atom stereocenters. The van der Waals surface area contributed by atoms with Crippen LogP contribution in [0.25, 0.3) is 0 Å². The second kappa shape index (κ2) is 6.29. The monoisotopic (exact) mass is 310 g/mol. The highest BCUT2D eigenvalue weighted by Crippen LogP contribution is 2.32. The van der Waals surface area contributed by atoms with Crippen LogP contribution in [0.5, 0.6) is 0 Å². The molecule has 0 bridgehead atoms. The Morgan fingerprint density at radius 2 is 1.65 bits per heavy atom. The molecule has 0 spiro atoms. The van der Waals surface area contributed by atoms with Gasteiger partial charge in [-0.3, -0.25) is 0 Å². The number of nitrogens with zero attached hydrogens (tertiary/aromatic N) is 2. The average molecular weight is 311 g/mol. The predicted octanol–water partition coefficient (Wildman–Crippen LogP) is 4.66. The summed E-state index contributed by atoms with van der Waals surface area (Å²) in [4.78, 5) is 8.67. The molecule has 6 heteroatoms. The number of nitrogens with one attached hydrogen (secondary N) is 2. The fourth-order valence-corrected chi connectivity index (χ4v) is 2.24. The molecular formula is C14H16Cl2N4. The number of halogens is 2. The summed E-state index contributed by atoms with van der Waals surface area (Å²) in [6.07, 6.45) is 0. The molecule has 1 aromatic heterocycles. The highest BCUT2D eigenvalue weighted by atomic mass is 35.5. The highest BCUT2D eigenvalue weighted by Gasteiger charge is 2.08. The molecular weight excluding hydrogens is 295 g/mol. The third kappa shape index (κ3) is 3.74. The first-order valence-electron chi connectivity index (χ1n) is 6.29. The van der Waals surface area contributed by atoms with E-state index < -0.39 is 0 Å². The molecule has 2 N–H and O–H groups in total. The second-order valence-electron chi connectivity index (χ2n) is 4.71. The zero-order valence-electron chi connectivity index (χ0n) is 11.5. The van der Waals surface area contributed by atoms with Crippen molar-refractivity contribution in [2.75, 3.05) is 10.6 Å². The lowest BCUT2D eigenvalue weighted by Gasteiger charge is -2.13.